The second-order valence-electron chi connectivity index (χ2n) is 11.7. The lowest BCUT2D eigenvalue weighted by atomic mass is 9.71. The maximum Gasteiger partial charge on any atom is 0.311 e. The van der Waals surface area contributed by atoms with Gasteiger partial charge in [-0.1, -0.05) is 30.3 Å². The molecule has 5 rings (SSSR count). The lowest BCUT2D eigenvalue weighted by molar-refractivity contribution is -0.181. The molecule has 7 nitrogen and oxygen atoms in total. The van der Waals surface area contributed by atoms with E-state index in [1.54, 1.807) is 6.20 Å². The van der Waals surface area contributed by atoms with Crippen LogP contribution in [0.1, 0.15) is 51.7 Å². The lowest BCUT2D eigenvalue weighted by Gasteiger charge is -2.45. The molecule has 194 valence electrons. The zero-order chi connectivity index (χ0) is 26.0. The molecule has 1 aromatic carbocycles. The summed E-state index contributed by atoms with van der Waals surface area (Å²) < 4.78 is 5.83. The number of hydrogen-bond acceptors (Lipinski definition) is 7. The van der Waals surface area contributed by atoms with Crippen molar-refractivity contribution in [2.24, 2.45) is 11.3 Å². The van der Waals surface area contributed by atoms with Gasteiger partial charge in [-0.2, -0.15) is 0 Å². The maximum absolute atomic E-state index is 12.4. The van der Waals surface area contributed by atoms with Crippen LogP contribution in [0.2, 0.25) is 0 Å². The van der Waals surface area contributed by atoms with E-state index in [9.17, 15) is 4.79 Å². The number of carbonyl (C=O) groups is 1. The number of nitrogens with one attached hydrogen (secondary N) is 1. The molecule has 1 saturated carbocycles. The fraction of sp³-hybridized carbons (Fsp3) is 0.467. The summed E-state index contributed by atoms with van der Waals surface area (Å²) in [5, 5.41) is 3.54. The number of aromatic nitrogens is 3. The Morgan fingerprint density at radius 2 is 1.73 bits per heavy atom. The highest BCUT2D eigenvalue weighted by Crippen LogP contribution is 2.42. The zero-order valence-electron chi connectivity index (χ0n) is 22.3. The van der Waals surface area contributed by atoms with E-state index in [0.29, 0.717) is 11.7 Å². The van der Waals surface area contributed by atoms with Gasteiger partial charge in [0.05, 0.1) is 5.41 Å². The molecule has 0 amide bonds. The highest BCUT2D eigenvalue weighted by atomic mass is 16.6. The molecule has 3 heterocycles. The van der Waals surface area contributed by atoms with Crippen LogP contribution in [0, 0.1) is 11.3 Å². The van der Waals surface area contributed by atoms with E-state index in [0.717, 1.165) is 62.6 Å². The highest BCUT2D eigenvalue weighted by Gasteiger charge is 2.45. The van der Waals surface area contributed by atoms with E-state index in [1.165, 1.54) is 11.1 Å². The van der Waals surface area contributed by atoms with Crippen molar-refractivity contribution in [3.8, 4) is 11.5 Å². The summed E-state index contributed by atoms with van der Waals surface area (Å²) in [6, 6.07) is 16.6. The van der Waals surface area contributed by atoms with Crippen molar-refractivity contribution >= 4 is 17.6 Å². The summed E-state index contributed by atoms with van der Waals surface area (Å²) in [6.07, 6.45) is 5.45. The quantitative estimate of drug-likeness (QED) is 0.460. The van der Waals surface area contributed by atoms with Crippen molar-refractivity contribution in [1.29, 1.82) is 0 Å². The van der Waals surface area contributed by atoms with Gasteiger partial charge in [0, 0.05) is 31.9 Å². The molecule has 7 heteroatoms. The second kappa shape index (κ2) is 10.1. The average Bonchev–Trinajstić information content (AvgIpc) is 3.09. The summed E-state index contributed by atoms with van der Waals surface area (Å²) in [6.45, 7) is 10.3. The van der Waals surface area contributed by atoms with Crippen LogP contribution in [0.4, 0.5) is 11.6 Å². The average molecular weight is 500 g/mol. The number of hydrogen-bond donors (Lipinski definition) is 1. The van der Waals surface area contributed by atoms with Gasteiger partial charge < -0.3 is 15.0 Å². The molecule has 0 radical (unpaired) electrons. The van der Waals surface area contributed by atoms with Crippen LogP contribution in [0.5, 0.6) is 0 Å². The Kier molecular flexibility index (Phi) is 6.88. The van der Waals surface area contributed by atoms with Crippen LogP contribution in [0.3, 0.4) is 0 Å². The van der Waals surface area contributed by atoms with Crippen molar-refractivity contribution in [3.05, 3.63) is 65.9 Å². The monoisotopic (exact) mass is 499 g/mol. The summed E-state index contributed by atoms with van der Waals surface area (Å²) in [5.41, 5.74) is 2.73. The third-order valence-corrected chi connectivity index (χ3v) is 7.32. The first-order valence-corrected chi connectivity index (χ1v) is 13.3. The Labute approximate surface area is 219 Å². The first-order chi connectivity index (χ1) is 17.7. The van der Waals surface area contributed by atoms with Gasteiger partial charge in [-0.3, -0.25) is 9.78 Å². The van der Waals surface area contributed by atoms with Crippen LogP contribution in [0.25, 0.3) is 11.5 Å². The first-order valence-electron chi connectivity index (χ1n) is 13.3. The number of ether oxygens (including phenoxy) is 1. The molecule has 1 aliphatic heterocycles. The van der Waals surface area contributed by atoms with Gasteiger partial charge in [-0.25, -0.2) is 9.97 Å². The molecular weight excluding hydrogens is 462 g/mol. The van der Waals surface area contributed by atoms with E-state index in [1.807, 2.05) is 45.9 Å². The molecule has 2 aliphatic rings. The Morgan fingerprint density at radius 1 is 1.05 bits per heavy atom. The molecule has 37 heavy (non-hydrogen) atoms. The maximum atomic E-state index is 12.4. The minimum absolute atomic E-state index is 0.138. The summed E-state index contributed by atoms with van der Waals surface area (Å²) in [7, 11) is 0. The number of anilines is 2. The van der Waals surface area contributed by atoms with Gasteiger partial charge in [-0.05, 0) is 82.6 Å². The smallest absolute Gasteiger partial charge is 0.311 e. The van der Waals surface area contributed by atoms with Crippen molar-refractivity contribution < 1.29 is 9.53 Å². The normalized spacial score (nSPS) is 21.4. The molecule has 1 N–H and O–H groups in total. The number of rotatable bonds is 6. The number of nitrogens with zero attached hydrogens (tertiary/aromatic N) is 4. The molecule has 0 unspecified atom stereocenters. The molecule has 0 spiro atoms. The van der Waals surface area contributed by atoms with Gasteiger partial charge in [0.15, 0.2) is 5.82 Å². The predicted molar refractivity (Wildman–Crippen MR) is 146 cm³/mol. The van der Waals surface area contributed by atoms with Crippen molar-refractivity contribution in [3.63, 3.8) is 0 Å². The van der Waals surface area contributed by atoms with Gasteiger partial charge in [0.2, 0.25) is 0 Å². The third kappa shape index (κ3) is 5.92. The third-order valence-electron chi connectivity index (χ3n) is 7.32. The Bertz CT molecular complexity index is 1220. The van der Waals surface area contributed by atoms with E-state index in [2.05, 4.69) is 45.5 Å². The number of fused-ring (bicyclic) bond motifs is 1. The van der Waals surface area contributed by atoms with E-state index >= 15 is 0 Å². The topological polar surface area (TPSA) is 80.2 Å². The molecular formula is C30H37N5O2. The predicted octanol–water partition coefficient (Wildman–Crippen LogP) is 5.31. The van der Waals surface area contributed by atoms with Gasteiger partial charge >= 0.3 is 5.97 Å². The van der Waals surface area contributed by atoms with Crippen LogP contribution in [0.15, 0.2) is 54.7 Å². The minimum atomic E-state index is -0.486. The van der Waals surface area contributed by atoms with Crippen molar-refractivity contribution in [2.75, 3.05) is 29.9 Å². The van der Waals surface area contributed by atoms with Crippen molar-refractivity contribution in [2.45, 2.75) is 59.0 Å². The number of carbonyl (C=O) groups excluding carboxylic acids is 1. The Hall–Kier alpha value is -3.48. The molecule has 2 aromatic heterocycles. The second-order valence-corrected chi connectivity index (χ2v) is 11.7. The van der Waals surface area contributed by atoms with E-state index < -0.39 is 5.41 Å². The standard InChI is InChI=1S/C30H37N5O2/c1-29(2,3)28(36)37-30(4)18-21(19-30)20-32-25-17-26(34-27(33-25)24-11-7-8-14-31-24)35-15-12-22-9-5-6-10-23(22)13-16-35/h5-11,14,17,21H,12-13,15-16,18-20H2,1-4H3,(H,32,33,34)/t21-,30-. The van der Waals surface area contributed by atoms with Gasteiger partial charge in [-0.15, -0.1) is 0 Å². The van der Waals surface area contributed by atoms with Gasteiger partial charge in [0.1, 0.15) is 22.9 Å². The van der Waals surface area contributed by atoms with Crippen LogP contribution in [-0.4, -0.2) is 46.2 Å². The molecule has 0 bridgehead atoms. The number of esters is 1. The minimum Gasteiger partial charge on any atom is -0.459 e. The molecule has 0 saturated heterocycles. The number of pyridine rings is 1. The largest absolute Gasteiger partial charge is 0.459 e. The Balaban J connectivity index is 1.29. The summed E-state index contributed by atoms with van der Waals surface area (Å²) >= 11 is 0. The van der Waals surface area contributed by atoms with Gasteiger partial charge in [0.25, 0.3) is 0 Å². The summed E-state index contributed by atoms with van der Waals surface area (Å²) in [4.78, 5) is 28.9. The molecule has 0 atom stereocenters. The molecule has 3 aromatic rings. The zero-order valence-corrected chi connectivity index (χ0v) is 22.3. The molecule has 1 aliphatic carbocycles. The van der Waals surface area contributed by atoms with Crippen LogP contribution < -0.4 is 10.2 Å². The van der Waals surface area contributed by atoms with Crippen LogP contribution >= 0.6 is 0 Å². The van der Waals surface area contributed by atoms with E-state index in [4.69, 9.17) is 14.7 Å². The fourth-order valence-electron chi connectivity index (χ4n) is 5.21. The lowest BCUT2D eigenvalue weighted by Crippen LogP contribution is -2.48. The van der Waals surface area contributed by atoms with Crippen LogP contribution in [-0.2, 0) is 22.4 Å². The SMILES string of the molecule is CC(C)(C)C(=O)O[C@]1(C)C[C@@H](CNc2cc(N3CCc4ccccc4CC3)nc(-c3ccccn3)n2)C1. The Morgan fingerprint density at radius 3 is 2.35 bits per heavy atom. The van der Waals surface area contributed by atoms with Crippen molar-refractivity contribution in [1.82, 2.24) is 15.0 Å². The highest BCUT2D eigenvalue weighted by molar-refractivity contribution is 5.76. The summed E-state index contributed by atoms with van der Waals surface area (Å²) in [5.74, 6) is 2.62. The first kappa shape index (κ1) is 25.2. The fourth-order valence-corrected chi connectivity index (χ4v) is 5.21. The molecule has 1 fully saturated rings. The number of benzene rings is 1. The van der Waals surface area contributed by atoms with E-state index in [-0.39, 0.29) is 11.6 Å².